The molecule has 0 saturated heterocycles. The molecule has 1 spiro atoms. The average Bonchev–Trinajstić information content (AvgIpc) is 2.81. The minimum atomic E-state index is 0.524. The smallest absolute Gasteiger partial charge is 0.00751 e. The van der Waals surface area contributed by atoms with Gasteiger partial charge in [0.25, 0.3) is 0 Å². The van der Waals surface area contributed by atoms with Crippen molar-refractivity contribution in [2.45, 2.75) is 110 Å². The van der Waals surface area contributed by atoms with Gasteiger partial charge in [-0.05, 0) is 80.5 Å². The van der Waals surface area contributed by atoms with Gasteiger partial charge < -0.3 is 5.32 Å². The van der Waals surface area contributed by atoms with Crippen molar-refractivity contribution in [3.8, 4) is 0 Å². The Hall–Kier alpha value is -0.0400. The summed E-state index contributed by atoms with van der Waals surface area (Å²) in [6.07, 6.45) is 16.2. The first-order chi connectivity index (χ1) is 10.4. The molecule has 0 radical (unpaired) electrons. The first-order valence-corrected chi connectivity index (χ1v) is 10.1. The Labute approximate surface area is 139 Å². The molecule has 0 aromatic heterocycles. The van der Waals surface area contributed by atoms with Crippen LogP contribution in [0.4, 0.5) is 0 Å². The molecule has 3 unspecified atom stereocenters. The zero-order valence-electron chi connectivity index (χ0n) is 15.6. The fourth-order valence-corrected chi connectivity index (χ4v) is 5.82. The standard InChI is InChI=1S/C21H39N/c1-16-6-5-7-18(14-16)22-19-10-13-21(15-19)11-8-17(9-12-21)20(2,3)4/h16-19,22H,5-15H2,1-4H3. The molecule has 3 aliphatic rings. The lowest BCUT2D eigenvalue weighted by atomic mass is 9.63. The second-order valence-corrected chi connectivity index (χ2v) is 10.2. The van der Waals surface area contributed by atoms with Crippen LogP contribution in [-0.2, 0) is 0 Å². The highest BCUT2D eigenvalue weighted by atomic mass is 15.0. The van der Waals surface area contributed by atoms with E-state index in [2.05, 4.69) is 33.0 Å². The van der Waals surface area contributed by atoms with Crippen molar-refractivity contribution >= 4 is 0 Å². The second-order valence-electron chi connectivity index (χ2n) is 10.2. The van der Waals surface area contributed by atoms with E-state index >= 15 is 0 Å². The number of hydrogen-bond acceptors (Lipinski definition) is 1. The maximum absolute atomic E-state index is 4.06. The third-order valence-electron chi connectivity index (χ3n) is 7.38. The summed E-state index contributed by atoms with van der Waals surface area (Å²) in [4.78, 5) is 0. The zero-order valence-corrected chi connectivity index (χ0v) is 15.6. The molecule has 128 valence electrons. The fourth-order valence-electron chi connectivity index (χ4n) is 5.82. The summed E-state index contributed by atoms with van der Waals surface area (Å²) >= 11 is 0. The van der Waals surface area contributed by atoms with Gasteiger partial charge in [-0.15, -0.1) is 0 Å². The van der Waals surface area contributed by atoms with E-state index < -0.39 is 0 Å². The minimum absolute atomic E-state index is 0.524. The molecule has 0 aromatic carbocycles. The quantitative estimate of drug-likeness (QED) is 0.666. The van der Waals surface area contributed by atoms with Gasteiger partial charge in [-0.1, -0.05) is 40.5 Å². The van der Waals surface area contributed by atoms with E-state index in [1.54, 1.807) is 0 Å². The van der Waals surface area contributed by atoms with Gasteiger partial charge in [0.05, 0.1) is 0 Å². The molecule has 0 amide bonds. The number of hydrogen-bond donors (Lipinski definition) is 1. The lowest BCUT2D eigenvalue weighted by Gasteiger charge is -2.42. The molecule has 1 heteroatoms. The van der Waals surface area contributed by atoms with E-state index in [0.717, 1.165) is 29.3 Å². The molecule has 0 aromatic rings. The van der Waals surface area contributed by atoms with E-state index in [1.165, 1.54) is 70.6 Å². The first-order valence-electron chi connectivity index (χ1n) is 10.1. The fraction of sp³-hybridized carbons (Fsp3) is 1.00. The van der Waals surface area contributed by atoms with Crippen molar-refractivity contribution in [3.63, 3.8) is 0 Å². The summed E-state index contributed by atoms with van der Waals surface area (Å²) in [6.45, 7) is 9.77. The Balaban J connectivity index is 1.48. The van der Waals surface area contributed by atoms with E-state index in [-0.39, 0.29) is 0 Å². The zero-order chi connectivity index (χ0) is 15.8. The van der Waals surface area contributed by atoms with Gasteiger partial charge >= 0.3 is 0 Å². The van der Waals surface area contributed by atoms with Crippen LogP contribution in [0.2, 0.25) is 0 Å². The van der Waals surface area contributed by atoms with Crippen LogP contribution in [0.5, 0.6) is 0 Å². The molecule has 3 fully saturated rings. The highest BCUT2D eigenvalue weighted by Crippen LogP contribution is 2.53. The van der Waals surface area contributed by atoms with E-state index in [9.17, 15) is 0 Å². The van der Waals surface area contributed by atoms with Gasteiger partial charge in [-0.3, -0.25) is 0 Å². The SMILES string of the molecule is CC1CCCC(NC2CCC3(CCC(C(C)(C)C)CC3)C2)C1. The Morgan fingerprint density at radius 3 is 2.18 bits per heavy atom. The van der Waals surface area contributed by atoms with E-state index in [1.807, 2.05) is 0 Å². The van der Waals surface area contributed by atoms with Crippen molar-refractivity contribution in [2.75, 3.05) is 0 Å². The molecule has 0 aliphatic heterocycles. The lowest BCUT2D eigenvalue weighted by molar-refractivity contribution is 0.0893. The predicted octanol–water partition coefficient (Wildman–Crippen LogP) is 5.93. The minimum Gasteiger partial charge on any atom is -0.311 e. The van der Waals surface area contributed by atoms with E-state index in [4.69, 9.17) is 0 Å². The predicted molar refractivity (Wildman–Crippen MR) is 96.0 cm³/mol. The van der Waals surface area contributed by atoms with Gasteiger partial charge in [0, 0.05) is 12.1 Å². The van der Waals surface area contributed by atoms with Crippen LogP contribution >= 0.6 is 0 Å². The maximum Gasteiger partial charge on any atom is 0.00751 e. The van der Waals surface area contributed by atoms with Crippen LogP contribution < -0.4 is 5.32 Å². The monoisotopic (exact) mass is 305 g/mol. The number of nitrogens with one attached hydrogen (secondary N) is 1. The van der Waals surface area contributed by atoms with Gasteiger partial charge in [-0.25, -0.2) is 0 Å². The van der Waals surface area contributed by atoms with Crippen molar-refractivity contribution in [1.29, 1.82) is 0 Å². The van der Waals surface area contributed by atoms with E-state index in [0.29, 0.717) is 5.41 Å². The Bertz CT molecular complexity index is 359. The van der Waals surface area contributed by atoms with Gasteiger partial charge in [0.15, 0.2) is 0 Å². The first kappa shape index (κ1) is 16.8. The highest BCUT2D eigenvalue weighted by molar-refractivity contribution is 4.97. The topological polar surface area (TPSA) is 12.0 Å². The van der Waals surface area contributed by atoms with Crippen LogP contribution in [-0.4, -0.2) is 12.1 Å². The molecule has 3 rings (SSSR count). The van der Waals surface area contributed by atoms with Crippen molar-refractivity contribution < 1.29 is 0 Å². The third-order valence-corrected chi connectivity index (χ3v) is 7.38. The molecule has 3 saturated carbocycles. The molecular formula is C21H39N. The lowest BCUT2D eigenvalue weighted by Crippen LogP contribution is -2.40. The molecule has 22 heavy (non-hydrogen) atoms. The molecule has 3 aliphatic carbocycles. The summed E-state index contributed by atoms with van der Waals surface area (Å²) in [7, 11) is 0. The van der Waals surface area contributed by atoms with Crippen LogP contribution in [0, 0.1) is 22.7 Å². The summed E-state index contributed by atoms with van der Waals surface area (Å²) in [5, 5.41) is 4.06. The van der Waals surface area contributed by atoms with Crippen molar-refractivity contribution in [3.05, 3.63) is 0 Å². The average molecular weight is 306 g/mol. The summed E-state index contributed by atoms with van der Waals surface area (Å²) in [5.74, 6) is 1.91. The van der Waals surface area contributed by atoms with Gasteiger partial charge in [0.2, 0.25) is 0 Å². The summed E-state index contributed by atoms with van der Waals surface area (Å²) in [6, 6.07) is 1.66. The molecule has 0 bridgehead atoms. The normalized spacial score (nSPS) is 43.6. The second kappa shape index (κ2) is 6.46. The molecule has 1 N–H and O–H groups in total. The number of rotatable bonds is 2. The van der Waals surface area contributed by atoms with Crippen LogP contribution in [0.3, 0.4) is 0 Å². The highest BCUT2D eigenvalue weighted by Gasteiger charge is 2.43. The largest absolute Gasteiger partial charge is 0.311 e. The molecule has 1 nitrogen and oxygen atoms in total. The van der Waals surface area contributed by atoms with Crippen LogP contribution in [0.25, 0.3) is 0 Å². The van der Waals surface area contributed by atoms with Crippen LogP contribution in [0.1, 0.15) is 98.3 Å². The summed E-state index contributed by atoms with van der Waals surface area (Å²) < 4.78 is 0. The van der Waals surface area contributed by atoms with Crippen molar-refractivity contribution in [2.24, 2.45) is 22.7 Å². The van der Waals surface area contributed by atoms with Gasteiger partial charge in [-0.2, -0.15) is 0 Å². The van der Waals surface area contributed by atoms with Crippen molar-refractivity contribution in [1.82, 2.24) is 5.32 Å². The molecule has 3 atom stereocenters. The van der Waals surface area contributed by atoms with Crippen LogP contribution in [0.15, 0.2) is 0 Å². The molecular weight excluding hydrogens is 266 g/mol. The maximum atomic E-state index is 4.06. The molecule has 0 heterocycles. The third kappa shape index (κ3) is 3.89. The van der Waals surface area contributed by atoms with Gasteiger partial charge in [0.1, 0.15) is 0 Å². The summed E-state index contributed by atoms with van der Waals surface area (Å²) in [5.41, 5.74) is 1.25. The Morgan fingerprint density at radius 1 is 0.864 bits per heavy atom. The Kier molecular flexibility index (Phi) is 4.93. The Morgan fingerprint density at radius 2 is 1.55 bits per heavy atom.